The molecule has 0 radical (unpaired) electrons. The smallest absolute Gasteiger partial charge is 0.266 e. The van der Waals surface area contributed by atoms with E-state index in [4.69, 9.17) is 4.74 Å². The molecule has 7 heteroatoms. The van der Waals surface area contributed by atoms with Crippen molar-refractivity contribution in [1.82, 2.24) is 9.80 Å². The van der Waals surface area contributed by atoms with Gasteiger partial charge in [-0.2, -0.15) is 0 Å². The average Bonchev–Trinajstić information content (AvgIpc) is 2.86. The summed E-state index contributed by atoms with van der Waals surface area (Å²) in [5, 5.41) is 19.8. The minimum Gasteiger partial charge on any atom is -0.485 e. The fourth-order valence-corrected chi connectivity index (χ4v) is 2.34. The van der Waals surface area contributed by atoms with Gasteiger partial charge in [-0.1, -0.05) is 6.42 Å². The summed E-state index contributed by atoms with van der Waals surface area (Å²) >= 11 is 0. The molecule has 4 atom stereocenters. The predicted molar refractivity (Wildman–Crippen MR) is 80.8 cm³/mol. The average molecular weight is 314 g/mol. The highest BCUT2D eigenvalue weighted by Gasteiger charge is 2.35. The number of hydrogen-bond donors (Lipinski definition) is 2. The minimum absolute atomic E-state index is 0.0169. The molecule has 1 aliphatic rings. The molecule has 0 heterocycles. The zero-order valence-electron chi connectivity index (χ0n) is 13.6. The van der Waals surface area contributed by atoms with E-state index in [2.05, 4.69) is 0 Å². The van der Waals surface area contributed by atoms with E-state index in [1.54, 1.807) is 6.08 Å². The van der Waals surface area contributed by atoms with Gasteiger partial charge in [-0.15, -0.1) is 0 Å². The molecule has 0 aromatic rings. The summed E-state index contributed by atoms with van der Waals surface area (Å²) in [5.74, 6) is -1.12. The van der Waals surface area contributed by atoms with Crippen LogP contribution in [0.3, 0.4) is 0 Å². The Morgan fingerprint density at radius 2 is 1.73 bits per heavy atom. The molecule has 0 aliphatic heterocycles. The fraction of sp³-hybridized carbons (Fsp3) is 0.733. The number of carbonyl (C=O) groups excluding carboxylic acids is 2. The van der Waals surface area contributed by atoms with Gasteiger partial charge in [0, 0.05) is 34.1 Å². The van der Waals surface area contributed by atoms with Gasteiger partial charge in [0.25, 0.3) is 11.8 Å². The first-order chi connectivity index (χ1) is 10.3. The Bertz CT molecular complexity index is 422. The van der Waals surface area contributed by atoms with Crippen molar-refractivity contribution in [2.75, 3.05) is 28.2 Å². The van der Waals surface area contributed by atoms with Crippen LogP contribution in [-0.4, -0.2) is 78.3 Å². The molecule has 126 valence electrons. The quantitative estimate of drug-likeness (QED) is 0.650. The monoisotopic (exact) mass is 314 g/mol. The van der Waals surface area contributed by atoms with Crippen LogP contribution in [0.2, 0.25) is 0 Å². The molecule has 0 spiro atoms. The third-order valence-corrected chi connectivity index (χ3v) is 3.75. The Kier molecular flexibility index (Phi) is 6.83. The molecule has 1 rings (SSSR count). The third kappa shape index (κ3) is 4.71. The second-order valence-electron chi connectivity index (χ2n) is 5.96. The highest BCUT2D eigenvalue weighted by Crippen LogP contribution is 2.26. The van der Waals surface area contributed by atoms with Gasteiger partial charge >= 0.3 is 0 Å². The van der Waals surface area contributed by atoms with Crippen molar-refractivity contribution in [2.45, 2.75) is 37.6 Å². The van der Waals surface area contributed by atoms with Gasteiger partial charge in [-0.25, -0.2) is 0 Å². The van der Waals surface area contributed by atoms with E-state index in [0.29, 0.717) is 0 Å². The van der Waals surface area contributed by atoms with E-state index < -0.39 is 30.1 Å². The summed E-state index contributed by atoms with van der Waals surface area (Å²) < 4.78 is 5.33. The highest BCUT2D eigenvalue weighted by molar-refractivity contribution is 5.90. The molecular formula is C15H26N2O5. The molecule has 7 nitrogen and oxygen atoms in total. The van der Waals surface area contributed by atoms with Crippen LogP contribution in [-0.2, 0) is 14.3 Å². The molecule has 1 saturated carbocycles. The van der Waals surface area contributed by atoms with Gasteiger partial charge < -0.3 is 24.7 Å². The van der Waals surface area contributed by atoms with Crippen LogP contribution in [0.5, 0.6) is 0 Å². The van der Waals surface area contributed by atoms with Crippen LogP contribution in [0.1, 0.15) is 19.3 Å². The number of ether oxygens (including phenoxy) is 1. The Labute approximate surface area is 131 Å². The maximum atomic E-state index is 12.1. The Morgan fingerprint density at radius 1 is 1.14 bits per heavy atom. The predicted octanol–water partition coefficient (Wildman–Crippen LogP) is -0.416. The lowest BCUT2D eigenvalue weighted by atomic mass is 10.1. The van der Waals surface area contributed by atoms with Crippen LogP contribution < -0.4 is 0 Å². The van der Waals surface area contributed by atoms with Crippen molar-refractivity contribution in [3.63, 3.8) is 0 Å². The number of nitrogens with zero attached hydrogens (tertiary/aromatic N) is 2. The molecule has 22 heavy (non-hydrogen) atoms. The summed E-state index contributed by atoms with van der Waals surface area (Å²) in [6, 6.07) is 0. The minimum atomic E-state index is -1.58. The number of likely N-dealkylation sites (N-methyl/N-ethyl adjacent to an activating group) is 2. The second-order valence-corrected chi connectivity index (χ2v) is 5.96. The van der Waals surface area contributed by atoms with Crippen molar-refractivity contribution in [3.05, 3.63) is 12.3 Å². The van der Waals surface area contributed by atoms with E-state index in [9.17, 15) is 19.8 Å². The fourth-order valence-electron chi connectivity index (χ4n) is 2.34. The first-order valence-electron chi connectivity index (χ1n) is 7.36. The summed E-state index contributed by atoms with van der Waals surface area (Å²) in [6.07, 6.45) is 2.23. The van der Waals surface area contributed by atoms with Crippen LogP contribution in [0.4, 0.5) is 0 Å². The van der Waals surface area contributed by atoms with Crippen LogP contribution in [0.25, 0.3) is 0 Å². The molecule has 0 aromatic carbocycles. The number of amides is 2. The molecule has 0 saturated heterocycles. The topological polar surface area (TPSA) is 90.3 Å². The van der Waals surface area contributed by atoms with Gasteiger partial charge in [0.05, 0.1) is 12.4 Å². The standard InChI is InChI=1S/C15H26N2O5/c1-16(2)14(20)12(19)13(15(21)17(3)4)22-9-8-10-6-5-7-11(10)18/h8-13,18-19H,5-7H2,1-4H3/b9-8+/t10-,11-,12-,13-/m1/s1. The summed E-state index contributed by atoms with van der Waals surface area (Å²) in [4.78, 5) is 26.4. The summed E-state index contributed by atoms with van der Waals surface area (Å²) in [7, 11) is 6.03. The number of rotatable bonds is 6. The zero-order valence-corrected chi connectivity index (χ0v) is 13.6. The Morgan fingerprint density at radius 3 is 2.18 bits per heavy atom. The van der Waals surface area contributed by atoms with Gasteiger partial charge in [0.2, 0.25) is 6.10 Å². The van der Waals surface area contributed by atoms with Gasteiger partial charge in [0.1, 0.15) is 0 Å². The van der Waals surface area contributed by atoms with Crippen molar-refractivity contribution < 1.29 is 24.5 Å². The molecule has 0 unspecified atom stereocenters. The number of hydrogen-bond acceptors (Lipinski definition) is 5. The number of carbonyl (C=O) groups is 2. The number of aliphatic hydroxyl groups is 2. The van der Waals surface area contributed by atoms with E-state index >= 15 is 0 Å². The van der Waals surface area contributed by atoms with Crippen molar-refractivity contribution >= 4 is 11.8 Å². The normalized spacial score (nSPS) is 24.1. The van der Waals surface area contributed by atoms with Gasteiger partial charge in [-0.3, -0.25) is 9.59 Å². The van der Waals surface area contributed by atoms with E-state index in [0.717, 1.165) is 19.3 Å². The third-order valence-electron chi connectivity index (χ3n) is 3.75. The zero-order chi connectivity index (χ0) is 16.9. The lowest BCUT2D eigenvalue weighted by molar-refractivity contribution is -0.155. The van der Waals surface area contributed by atoms with Crippen LogP contribution in [0, 0.1) is 5.92 Å². The lowest BCUT2D eigenvalue weighted by Gasteiger charge is -2.25. The molecule has 0 bridgehead atoms. The largest absolute Gasteiger partial charge is 0.485 e. The maximum absolute atomic E-state index is 12.1. The number of aliphatic hydroxyl groups excluding tert-OH is 2. The lowest BCUT2D eigenvalue weighted by Crippen LogP contribution is -2.49. The van der Waals surface area contributed by atoms with E-state index in [1.807, 2.05) is 0 Å². The molecule has 2 N–H and O–H groups in total. The maximum Gasteiger partial charge on any atom is 0.266 e. The molecular weight excluding hydrogens is 288 g/mol. The van der Waals surface area contributed by atoms with Gasteiger partial charge in [0.15, 0.2) is 6.10 Å². The second kappa shape index (κ2) is 8.14. The van der Waals surface area contributed by atoms with Crippen LogP contribution in [0.15, 0.2) is 12.3 Å². The highest BCUT2D eigenvalue weighted by atomic mass is 16.5. The first kappa shape index (κ1) is 18.4. The van der Waals surface area contributed by atoms with Crippen LogP contribution >= 0.6 is 0 Å². The van der Waals surface area contributed by atoms with Gasteiger partial charge in [-0.05, 0) is 18.9 Å². The Hall–Kier alpha value is -1.60. The first-order valence-corrected chi connectivity index (χ1v) is 7.36. The van der Waals surface area contributed by atoms with Crippen molar-refractivity contribution in [3.8, 4) is 0 Å². The molecule has 0 aromatic heterocycles. The Balaban J connectivity index is 2.76. The van der Waals surface area contributed by atoms with Crippen molar-refractivity contribution in [1.29, 1.82) is 0 Å². The van der Waals surface area contributed by atoms with E-state index in [1.165, 1.54) is 44.3 Å². The SMILES string of the molecule is CN(C)C(=O)[C@H](O)[C@@H](O/C=C/[C@H]1CCC[C@H]1O)C(=O)N(C)C. The van der Waals surface area contributed by atoms with E-state index in [-0.39, 0.29) is 5.92 Å². The molecule has 2 amide bonds. The van der Waals surface area contributed by atoms with Crippen molar-refractivity contribution in [2.24, 2.45) is 5.92 Å². The molecule has 1 fully saturated rings. The molecule has 1 aliphatic carbocycles. The summed E-state index contributed by atoms with van der Waals surface area (Å²) in [6.45, 7) is 0. The summed E-state index contributed by atoms with van der Waals surface area (Å²) in [5.41, 5.74) is 0.